The fourth-order valence-corrected chi connectivity index (χ4v) is 23.5. The first-order valence-electron chi connectivity index (χ1n) is 17.2. The van der Waals surface area contributed by atoms with Crippen molar-refractivity contribution in [1.29, 1.82) is 0 Å². The van der Waals surface area contributed by atoms with Crippen LogP contribution in [0.3, 0.4) is 0 Å². The van der Waals surface area contributed by atoms with Gasteiger partial charge in [0.25, 0.3) is 0 Å². The molecular formula is C45H40P3S2+. The standard InChI is InChI=1S/C45H40P3S2/c1-2-3-34-46-44(47(49,38-26-14-6-15-27-38)39-28-16-7-17-29-39)42(36-22-10-4-11-23-36)35-43(37-24-12-5-13-25-37)45(46)48(50,40-30-18-8-19-31-40)41-32-20-9-21-33-41/h4-33,35H,2-3,34H2,1H3/q+1. The number of hydrogen-bond acceptors (Lipinski definition) is 2. The van der Waals surface area contributed by atoms with Crippen molar-refractivity contribution in [3.8, 4) is 22.3 Å². The Bertz CT molecular complexity index is 2030. The molecule has 0 aliphatic carbocycles. The molecule has 246 valence electrons. The van der Waals surface area contributed by atoms with E-state index in [1.807, 2.05) is 0 Å². The molecule has 6 aromatic carbocycles. The van der Waals surface area contributed by atoms with E-state index in [1.165, 1.54) is 53.5 Å². The number of hydrogen-bond donors (Lipinski definition) is 0. The smallest absolute Gasteiger partial charge is 0.0784 e. The van der Waals surface area contributed by atoms with Crippen molar-refractivity contribution in [2.45, 2.75) is 25.9 Å². The molecule has 7 aromatic rings. The van der Waals surface area contributed by atoms with E-state index in [1.54, 1.807) is 0 Å². The highest BCUT2D eigenvalue weighted by Crippen LogP contribution is 2.59. The van der Waals surface area contributed by atoms with Crippen LogP contribution in [0, 0.1) is 0 Å². The molecule has 0 amide bonds. The Morgan fingerprint density at radius 3 is 0.980 bits per heavy atom. The van der Waals surface area contributed by atoms with Crippen molar-refractivity contribution in [2.24, 2.45) is 0 Å². The van der Waals surface area contributed by atoms with Gasteiger partial charge in [0, 0.05) is 11.1 Å². The zero-order valence-corrected chi connectivity index (χ0v) is 32.5. The third kappa shape index (κ3) is 6.58. The highest BCUT2D eigenvalue weighted by atomic mass is 32.4. The summed E-state index contributed by atoms with van der Waals surface area (Å²) in [5.74, 6) is 0. The van der Waals surface area contributed by atoms with E-state index in [0.29, 0.717) is 0 Å². The molecular weight excluding hydrogens is 698 g/mol. The molecule has 0 aliphatic heterocycles. The lowest BCUT2D eigenvalue weighted by atomic mass is 10.0. The van der Waals surface area contributed by atoms with E-state index in [2.05, 4.69) is 195 Å². The van der Waals surface area contributed by atoms with Gasteiger partial charge in [0.2, 0.25) is 0 Å². The first-order chi connectivity index (χ1) is 24.6. The summed E-state index contributed by atoms with van der Waals surface area (Å²) < 4.78 is 0. The molecule has 0 spiro atoms. The summed E-state index contributed by atoms with van der Waals surface area (Å²) in [5, 5.41) is 7.79. The normalized spacial score (nSPS) is 11.7. The second kappa shape index (κ2) is 15.7. The topological polar surface area (TPSA) is 0 Å². The summed E-state index contributed by atoms with van der Waals surface area (Å²) in [7, 11) is -0.982. The maximum Gasteiger partial charge on any atom is 0.173 e. The minimum absolute atomic E-state index is 0.982. The van der Waals surface area contributed by atoms with Crippen molar-refractivity contribution < 1.29 is 0 Å². The Morgan fingerprint density at radius 1 is 0.420 bits per heavy atom. The minimum atomic E-state index is -2.58. The van der Waals surface area contributed by atoms with E-state index < -0.39 is 19.6 Å². The van der Waals surface area contributed by atoms with Gasteiger partial charge in [-0.3, -0.25) is 0 Å². The Morgan fingerprint density at radius 2 is 0.700 bits per heavy atom. The summed E-state index contributed by atoms with van der Waals surface area (Å²) in [6.45, 7) is 2.31. The molecule has 0 bridgehead atoms. The van der Waals surface area contributed by atoms with Crippen LogP contribution in [0.25, 0.3) is 22.3 Å². The Balaban J connectivity index is 1.76. The fraction of sp³-hybridized carbons (Fsp3) is 0.0889. The lowest BCUT2D eigenvalue weighted by Gasteiger charge is -2.29. The first-order valence-corrected chi connectivity index (χ1v) is 24.4. The molecule has 0 atom stereocenters. The molecule has 50 heavy (non-hydrogen) atoms. The number of unbranched alkanes of at least 4 members (excludes halogenated alkanes) is 1. The summed E-state index contributed by atoms with van der Waals surface area (Å²) in [6, 6.07) is 63.2. The van der Waals surface area contributed by atoms with Gasteiger partial charge in [-0.05, 0) is 44.8 Å². The average molecular weight is 738 g/mol. The summed E-state index contributed by atoms with van der Waals surface area (Å²) >= 11 is 14.7. The lowest BCUT2D eigenvalue weighted by molar-refractivity contribution is 0.855. The van der Waals surface area contributed by atoms with Gasteiger partial charge in [-0.2, -0.15) is 0 Å². The van der Waals surface area contributed by atoms with Crippen LogP contribution in [0.2, 0.25) is 0 Å². The van der Waals surface area contributed by atoms with Crippen LogP contribution in [-0.4, -0.2) is 0 Å². The molecule has 1 heterocycles. The second-order valence-corrected chi connectivity index (χ2v) is 24.0. The van der Waals surface area contributed by atoms with Gasteiger partial charge in [-0.15, -0.1) is 0 Å². The van der Waals surface area contributed by atoms with E-state index in [4.69, 9.17) is 23.6 Å². The largest absolute Gasteiger partial charge is 0.173 e. The van der Waals surface area contributed by atoms with Crippen molar-refractivity contribution in [3.63, 3.8) is 0 Å². The maximum absolute atomic E-state index is 7.33. The van der Waals surface area contributed by atoms with Gasteiger partial charge in [0.05, 0.1) is 12.1 Å². The van der Waals surface area contributed by atoms with Gasteiger partial charge in [0.1, 0.15) is 13.7 Å². The third-order valence-electron chi connectivity index (χ3n) is 9.26. The molecule has 7 rings (SSSR count). The van der Waals surface area contributed by atoms with E-state index in [-0.39, 0.29) is 0 Å². The predicted octanol–water partition coefficient (Wildman–Crippen LogP) is 10.6. The molecule has 0 saturated heterocycles. The molecule has 0 fully saturated rings. The van der Waals surface area contributed by atoms with Gasteiger partial charge >= 0.3 is 0 Å². The van der Waals surface area contributed by atoms with Crippen molar-refractivity contribution >= 4 is 74.5 Å². The van der Waals surface area contributed by atoms with Crippen LogP contribution in [0.15, 0.2) is 188 Å². The molecule has 5 heteroatoms. The quantitative estimate of drug-likeness (QED) is 0.121. The van der Waals surface area contributed by atoms with Crippen molar-refractivity contribution in [3.05, 3.63) is 188 Å². The number of rotatable bonds is 11. The molecule has 0 saturated carbocycles. The van der Waals surface area contributed by atoms with Crippen LogP contribution >= 0.6 is 19.6 Å². The van der Waals surface area contributed by atoms with Crippen molar-refractivity contribution in [2.75, 3.05) is 0 Å². The van der Waals surface area contributed by atoms with Gasteiger partial charge in [-0.1, -0.05) is 219 Å². The average Bonchev–Trinajstić information content (AvgIpc) is 3.21. The molecule has 0 unspecified atom stereocenters. The predicted molar refractivity (Wildman–Crippen MR) is 231 cm³/mol. The summed E-state index contributed by atoms with van der Waals surface area (Å²) in [4.78, 5) is 0. The zero-order valence-electron chi connectivity index (χ0n) is 28.2. The Labute approximate surface area is 309 Å². The monoisotopic (exact) mass is 737 g/mol. The van der Waals surface area contributed by atoms with Gasteiger partial charge in [0.15, 0.2) is 10.1 Å². The van der Waals surface area contributed by atoms with Crippen LogP contribution in [0.5, 0.6) is 0 Å². The second-order valence-electron chi connectivity index (χ2n) is 12.4. The zero-order chi connectivity index (χ0) is 34.4. The number of benzene rings is 6. The van der Waals surface area contributed by atoms with Crippen molar-refractivity contribution in [1.82, 2.24) is 0 Å². The molecule has 0 nitrogen and oxygen atoms in total. The maximum atomic E-state index is 7.33. The van der Waals surface area contributed by atoms with Crippen LogP contribution in [0.1, 0.15) is 19.8 Å². The van der Waals surface area contributed by atoms with E-state index >= 15 is 0 Å². The van der Waals surface area contributed by atoms with Crippen LogP contribution in [-0.2, 0) is 29.8 Å². The third-order valence-corrected chi connectivity index (χ3v) is 25.0. The fourth-order valence-electron chi connectivity index (χ4n) is 6.87. The SMILES string of the molecule is CCCC[p+]1c(P(=S)(c2ccccc2)c2ccccc2)c(-c2ccccc2)cc(-c2ccccc2)c1P(=S)(c1ccccc1)c1ccccc1. The van der Waals surface area contributed by atoms with Gasteiger partial charge < -0.3 is 0 Å². The summed E-state index contributed by atoms with van der Waals surface area (Å²) in [5.41, 5.74) is 4.98. The molecule has 0 radical (unpaired) electrons. The molecule has 0 aliphatic rings. The Kier molecular flexibility index (Phi) is 10.9. The lowest BCUT2D eigenvalue weighted by Crippen LogP contribution is -2.31. The summed E-state index contributed by atoms with van der Waals surface area (Å²) in [6.07, 6.45) is 3.23. The minimum Gasteiger partial charge on any atom is -0.0784 e. The van der Waals surface area contributed by atoms with E-state index in [9.17, 15) is 0 Å². The van der Waals surface area contributed by atoms with Crippen LogP contribution in [0.4, 0.5) is 0 Å². The molecule has 1 aromatic heterocycles. The highest BCUT2D eigenvalue weighted by molar-refractivity contribution is 8.30. The highest BCUT2D eigenvalue weighted by Gasteiger charge is 2.45. The Hall–Kier alpha value is -3.73. The van der Waals surface area contributed by atoms with Gasteiger partial charge in [-0.25, -0.2) is 0 Å². The van der Waals surface area contributed by atoms with Crippen LogP contribution < -0.4 is 31.3 Å². The molecule has 0 N–H and O–H groups in total. The first kappa shape index (κ1) is 34.7. The van der Waals surface area contributed by atoms with E-state index in [0.717, 1.165) is 19.0 Å².